The van der Waals surface area contributed by atoms with Gasteiger partial charge in [-0.05, 0) is 6.07 Å². The summed E-state index contributed by atoms with van der Waals surface area (Å²) in [6, 6.07) is 5.95. The summed E-state index contributed by atoms with van der Waals surface area (Å²) in [7, 11) is 3.32. The molecule has 20 heavy (non-hydrogen) atoms. The molecule has 114 valence electrons. The number of hydrogen-bond donors (Lipinski definition) is 1. The Hall–Kier alpha value is -1.01. The van der Waals surface area contributed by atoms with Crippen LogP contribution in [0.2, 0.25) is 0 Å². The molecule has 1 fully saturated rings. The molecule has 2 rings (SSSR count). The van der Waals surface area contributed by atoms with Crippen LogP contribution in [0.4, 0.5) is 0 Å². The van der Waals surface area contributed by atoms with Gasteiger partial charge in [-0.15, -0.1) is 12.4 Å². The lowest BCUT2D eigenvalue weighted by Gasteiger charge is -2.32. The van der Waals surface area contributed by atoms with E-state index in [0.717, 1.165) is 43.3 Å². The maximum absolute atomic E-state index is 5.66. The van der Waals surface area contributed by atoms with E-state index in [-0.39, 0.29) is 18.5 Å². The maximum Gasteiger partial charge on any atom is 0.165 e. The van der Waals surface area contributed by atoms with E-state index in [9.17, 15) is 0 Å². The second-order valence-corrected chi connectivity index (χ2v) is 4.62. The molecule has 1 atom stereocenters. The Morgan fingerprint density at radius 2 is 2.15 bits per heavy atom. The molecule has 0 aliphatic carbocycles. The minimum atomic E-state index is 0. The van der Waals surface area contributed by atoms with E-state index in [4.69, 9.17) is 19.9 Å². The summed E-state index contributed by atoms with van der Waals surface area (Å²) >= 11 is 0. The van der Waals surface area contributed by atoms with Crippen molar-refractivity contribution in [2.75, 3.05) is 40.5 Å². The standard InChI is InChI=1S/C14H22N2O3.ClH/c1-17-13-5-3-4-11(14(13)18-2)9-16-6-7-19-12(8-15)10-16;/h3-5,12H,6-10,15H2,1-2H3;1H. The van der Waals surface area contributed by atoms with Crippen molar-refractivity contribution in [3.8, 4) is 11.5 Å². The highest BCUT2D eigenvalue weighted by molar-refractivity contribution is 5.85. The van der Waals surface area contributed by atoms with Crippen LogP contribution in [0.25, 0.3) is 0 Å². The molecule has 0 amide bonds. The molecule has 1 aromatic carbocycles. The number of ether oxygens (including phenoxy) is 3. The summed E-state index contributed by atoms with van der Waals surface area (Å²) in [5, 5.41) is 0. The van der Waals surface area contributed by atoms with Crippen LogP contribution < -0.4 is 15.2 Å². The second-order valence-electron chi connectivity index (χ2n) is 4.62. The van der Waals surface area contributed by atoms with Crippen molar-refractivity contribution in [1.29, 1.82) is 0 Å². The highest BCUT2D eigenvalue weighted by atomic mass is 35.5. The van der Waals surface area contributed by atoms with E-state index >= 15 is 0 Å². The van der Waals surface area contributed by atoms with Crippen LogP contribution in [0, 0.1) is 0 Å². The minimum absolute atomic E-state index is 0. The van der Waals surface area contributed by atoms with E-state index in [0.29, 0.717) is 6.54 Å². The number of methoxy groups -OCH3 is 2. The van der Waals surface area contributed by atoms with Gasteiger partial charge >= 0.3 is 0 Å². The van der Waals surface area contributed by atoms with Gasteiger partial charge in [0, 0.05) is 31.7 Å². The molecule has 0 spiro atoms. The van der Waals surface area contributed by atoms with E-state index in [1.165, 1.54) is 0 Å². The number of morpholine rings is 1. The third-order valence-corrected chi connectivity index (χ3v) is 3.36. The summed E-state index contributed by atoms with van der Waals surface area (Å²) in [6.07, 6.45) is 0.130. The number of nitrogens with zero attached hydrogens (tertiary/aromatic N) is 1. The first kappa shape index (κ1) is 17.0. The van der Waals surface area contributed by atoms with Gasteiger partial charge in [-0.25, -0.2) is 0 Å². The minimum Gasteiger partial charge on any atom is -0.493 e. The van der Waals surface area contributed by atoms with Crippen LogP contribution in [0.1, 0.15) is 5.56 Å². The summed E-state index contributed by atoms with van der Waals surface area (Å²) in [5.41, 5.74) is 6.79. The third-order valence-electron chi connectivity index (χ3n) is 3.36. The molecule has 0 aromatic heterocycles. The Labute approximate surface area is 126 Å². The predicted octanol–water partition coefficient (Wildman–Crippen LogP) is 1.29. The van der Waals surface area contributed by atoms with Crippen molar-refractivity contribution in [3.63, 3.8) is 0 Å². The van der Waals surface area contributed by atoms with E-state index in [2.05, 4.69) is 11.0 Å². The topological polar surface area (TPSA) is 57.0 Å². The Morgan fingerprint density at radius 1 is 1.35 bits per heavy atom. The first-order valence-electron chi connectivity index (χ1n) is 6.52. The van der Waals surface area contributed by atoms with Crippen LogP contribution in [0.3, 0.4) is 0 Å². The number of rotatable bonds is 5. The highest BCUT2D eigenvalue weighted by Gasteiger charge is 2.21. The fraction of sp³-hybridized carbons (Fsp3) is 0.571. The second kappa shape index (κ2) is 8.32. The predicted molar refractivity (Wildman–Crippen MR) is 80.9 cm³/mol. The van der Waals surface area contributed by atoms with E-state index in [1.807, 2.05) is 12.1 Å². The van der Waals surface area contributed by atoms with Crippen LogP contribution in [-0.2, 0) is 11.3 Å². The van der Waals surface area contributed by atoms with Gasteiger partial charge in [-0.1, -0.05) is 12.1 Å². The van der Waals surface area contributed by atoms with Crippen molar-refractivity contribution in [3.05, 3.63) is 23.8 Å². The van der Waals surface area contributed by atoms with E-state index < -0.39 is 0 Å². The molecular formula is C14H23ClN2O3. The molecule has 0 radical (unpaired) electrons. The first-order chi connectivity index (χ1) is 9.28. The molecule has 5 nitrogen and oxygen atoms in total. The Balaban J connectivity index is 0.00000200. The summed E-state index contributed by atoms with van der Waals surface area (Å²) in [5.74, 6) is 1.57. The van der Waals surface area contributed by atoms with Crippen LogP contribution >= 0.6 is 12.4 Å². The van der Waals surface area contributed by atoms with Crippen molar-refractivity contribution in [2.45, 2.75) is 12.6 Å². The van der Waals surface area contributed by atoms with Crippen molar-refractivity contribution in [2.24, 2.45) is 5.73 Å². The molecule has 1 heterocycles. The average Bonchev–Trinajstić information content (AvgIpc) is 2.47. The number of nitrogens with two attached hydrogens (primary N) is 1. The molecule has 0 saturated carbocycles. The van der Waals surface area contributed by atoms with Crippen molar-refractivity contribution < 1.29 is 14.2 Å². The third kappa shape index (κ3) is 3.99. The van der Waals surface area contributed by atoms with Gasteiger partial charge in [-0.2, -0.15) is 0 Å². The average molecular weight is 303 g/mol. The molecule has 1 aliphatic rings. The Kier molecular flexibility index (Phi) is 7.09. The lowest BCUT2D eigenvalue weighted by molar-refractivity contribution is -0.0262. The molecule has 1 aliphatic heterocycles. The number of para-hydroxylation sites is 1. The lowest BCUT2D eigenvalue weighted by Crippen LogP contribution is -2.45. The first-order valence-corrected chi connectivity index (χ1v) is 6.52. The van der Waals surface area contributed by atoms with Crippen LogP contribution in [0.5, 0.6) is 11.5 Å². The SMILES string of the molecule is COc1cccc(CN2CCOC(CN)C2)c1OC.Cl. The fourth-order valence-electron chi connectivity index (χ4n) is 2.39. The largest absolute Gasteiger partial charge is 0.493 e. The van der Waals surface area contributed by atoms with Gasteiger partial charge in [0.25, 0.3) is 0 Å². The van der Waals surface area contributed by atoms with Crippen LogP contribution in [0.15, 0.2) is 18.2 Å². The van der Waals surface area contributed by atoms with Gasteiger partial charge < -0.3 is 19.9 Å². The Bertz CT molecular complexity index is 417. The summed E-state index contributed by atoms with van der Waals surface area (Å²) in [6.45, 7) is 3.88. The van der Waals surface area contributed by atoms with Gasteiger partial charge in [-0.3, -0.25) is 4.90 Å². The quantitative estimate of drug-likeness (QED) is 0.888. The summed E-state index contributed by atoms with van der Waals surface area (Å²) in [4.78, 5) is 2.33. The zero-order valence-corrected chi connectivity index (χ0v) is 12.8. The molecule has 1 saturated heterocycles. The zero-order valence-electron chi connectivity index (χ0n) is 12.0. The monoisotopic (exact) mass is 302 g/mol. The van der Waals surface area contributed by atoms with Crippen LogP contribution in [-0.4, -0.2) is 51.5 Å². The zero-order chi connectivity index (χ0) is 13.7. The number of hydrogen-bond acceptors (Lipinski definition) is 5. The molecular weight excluding hydrogens is 280 g/mol. The normalized spacial score (nSPS) is 19.2. The fourth-order valence-corrected chi connectivity index (χ4v) is 2.39. The Morgan fingerprint density at radius 3 is 2.80 bits per heavy atom. The van der Waals surface area contributed by atoms with Gasteiger partial charge in [0.2, 0.25) is 0 Å². The molecule has 2 N–H and O–H groups in total. The van der Waals surface area contributed by atoms with Gasteiger partial charge in [0.05, 0.1) is 26.9 Å². The molecule has 6 heteroatoms. The highest BCUT2D eigenvalue weighted by Crippen LogP contribution is 2.31. The van der Waals surface area contributed by atoms with Gasteiger partial charge in [0.15, 0.2) is 11.5 Å². The molecule has 0 bridgehead atoms. The van der Waals surface area contributed by atoms with Crippen molar-refractivity contribution >= 4 is 12.4 Å². The number of halogens is 1. The smallest absolute Gasteiger partial charge is 0.165 e. The maximum atomic E-state index is 5.66. The number of benzene rings is 1. The summed E-state index contributed by atoms with van der Waals surface area (Å²) < 4.78 is 16.3. The molecule has 1 aromatic rings. The van der Waals surface area contributed by atoms with E-state index in [1.54, 1.807) is 14.2 Å². The lowest BCUT2D eigenvalue weighted by atomic mass is 10.1. The van der Waals surface area contributed by atoms with Crippen molar-refractivity contribution in [1.82, 2.24) is 4.90 Å². The molecule has 1 unspecified atom stereocenters. The van der Waals surface area contributed by atoms with Gasteiger partial charge in [0.1, 0.15) is 0 Å².